The number of rotatable bonds is 6. The molecule has 0 amide bonds. The number of ketones is 2. The highest BCUT2D eigenvalue weighted by Crippen LogP contribution is 2.12. The number of hydrogen-bond donors (Lipinski definition) is 1. The summed E-state index contributed by atoms with van der Waals surface area (Å²) < 4.78 is 0. The third-order valence-corrected chi connectivity index (χ3v) is 3.53. The minimum atomic E-state index is -0.180. The van der Waals surface area contributed by atoms with E-state index >= 15 is 0 Å². The summed E-state index contributed by atoms with van der Waals surface area (Å²) in [5.41, 5.74) is 2.38. The molecule has 0 aliphatic carbocycles. The zero-order valence-corrected chi connectivity index (χ0v) is 12.3. The van der Waals surface area contributed by atoms with E-state index in [2.05, 4.69) is 5.32 Å². The van der Waals surface area contributed by atoms with Gasteiger partial charge in [-0.1, -0.05) is 54.6 Å². The van der Waals surface area contributed by atoms with Crippen LogP contribution in [0.3, 0.4) is 0 Å². The SMILES string of the molecule is CN[C@H](Cc1ccc(C(=O)c2ccccc2)cc1)C(C)=O. The fraction of sp³-hybridized carbons (Fsp3) is 0.222. The van der Waals surface area contributed by atoms with Crippen molar-refractivity contribution in [2.24, 2.45) is 0 Å². The van der Waals surface area contributed by atoms with Crippen LogP contribution in [0.5, 0.6) is 0 Å². The predicted molar refractivity (Wildman–Crippen MR) is 83.5 cm³/mol. The van der Waals surface area contributed by atoms with E-state index in [0.29, 0.717) is 17.5 Å². The van der Waals surface area contributed by atoms with E-state index in [9.17, 15) is 9.59 Å². The lowest BCUT2D eigenvalue weighted by molar-refractivity contribution is -0.118. The summed E-state index contributed by atoms with van der Waals surface area (Å²) in [6.45, 7) is 1.58. The average molecular weight is 281 g/mol. The first kappa shape index (κ1) is 15.1. The summed E-state index contributed by atoms with van der Waals surface area (Å²) in [6.07, 6.45) is 0.631. The molecule has 0 aliphatic heterocycles. The fourth-order valence-corrected chi connectivity index (χ4v) is 2.23. The molecule has 0 aliphatic rings. The minimum absolute atomic E-state index is 0.0129. The number of benzene rings is 2. The minimum Gasteiger partial charge on any atom is -0.310 e. The molecule has 0 spiro atoms. The molecule has 1 N–H and O–H groups in total. The second-order valence-electron chi connectivity index (χ2n) is 5.05. The summed E-state index contributed by atoms with van der Waals surface area (Å²) in [5, 5.41) is 3.00. The van der Waals surface area contributed by atoms with Crippen LogP contribution in [0.4, 0.5) is 0 Å². The maximum Gasteiger partial charge on any atom is 0.193 e. The van der Waals surface area contributed by atoms with Gasteiger partial charge in [-0.25, -0.2) is 0 Å². The molecule has 0 heterocycles. The van der Waals surface area contributed by atoms with E-state index in [1.165, 1.54) is 0 Å². The van der Waals surface area contributed by atoms with Crippen molar-refractivity contribution >= 4 is 11.6 Å². The molecular weight excluding hydrogens is 262 g/mol. The molecule has 3 nitrogen and oxygen atoms in total. The highest BCUT2D eigenvalue weighted by molar-refractivity contribution is 6.08. The van der Waals surface area contributed by atoms with Gasteiger partial charge in [0.1, 0.15) is 5.78 Å². The molecule has 0 fully saturated rings. The van der Waals surface area contributed by atoms with Crippen LogP contribution in [0.2, 0.25) is 0 Å². The Labute approximate surface area is 125 Å². The van der Waals surface area contributed by atoms with Crippen molar-refractivity contribution in [3.63, 3.8) is 0 Å². The Balaban J connectivity index is 2.12. The van der Waals surface area contributed by atoms with Gasteiger partial charge in [-0.3, -0.25) is 9.59 Å². The van der Waals surface area contributed by atoms with E-state index in [1.54, 1.807) is 14.0 Å². The molecule has 108 valence electrons. The van der Waals surface area contributed by atoms with E-state index in [4.69, 9.17) is 0 Å². The van der Waals surface area contributed by atoms with Crippen molar-refractivity contribution in [3.05, 3.63) is 71.3 Å². The highest BCUT2D eigenvalue weighted by atomic mass is 16.1. The summed E-state index contributed by atoms with van der Waals surface area (Å²) in [7, 11) is 1.78. The Morgan fingerprint density at radius 1 is 0.952 bits per heavy atom. The van der Waals surface area contributed by atoms with Crippen molar-refractivity contribution in [1.82, 2.24) is 5.32 Å². The molecule has 0 saturated carbocycles. The number of likely N-dealkylation sites (N-methyl/N-ethyl adjacent to an activating group) is 1. The van der Waals surface area contributed by atoms with Gasteiger partial charge in [0.05, 0.1) is 6.04 Å². The largest absolute Gasteiger partial charge is 0.310 e. The van der Waals surface area contributed by atoms with Crippen molar-refractivity contribution < 1.29 is 9.59 Å². The Hall–Kier alpha value is -2.26. The van der Waals surface area contributed by atoms with Crippen LogP contribution in [0.15, 0.2) is 54.6 Å². The fourth-order valence-electron chi connectivity index (χ4n) is 2.23. The average Bonchev–Trinajstić information content (AvgIpc) is 2.53. The second-order valence-corrected chi connectivity index (χ2v) is 5.05. The predicted octanol–water partition coefficient (Wildman–Crippen LogP) is 2.64. The molecule has 1 atom stereocenters. The Morgan fingerprint density at radius 3 is 2.05 bits per heavy atom. The lowest BCUT2D eigenvalue weighted by Crippen LogP contribution is -2.34. The molecule has 0 unspecified atom stereocenters. The van der Waals surface area contributed by atoms with Crippen molar-refractivity contribution in [2.75, 3.05) is 7.05 Å². The van der Waals surface area contributed by atoms with Gasteiger partial charge in [-0.05, 0) is 26.0 Å². The first-order chi connectivity index (χ1) is 10.1. The van der Waals surface area contributed by atoms with Gasteiger partial charge in [0.2, 0.25) is 0 Å². The van der Waals surface area contributed by atoms with Crippen molar-refractivity contribution in [2.45, 2.75) is 19.4 Å². The summed E-state index contributed by atoms with van der Waals surface area (Å²) >= 11 is 0. The first-order valence-corrected chi connectivity index (χ1v) is 6.98. The maximum atomic E-state index is 12.3. The topological polar surface area (TPSA) is 46.2 Å². The van der Waals surface area contributed by atoms with Gasteiger partial charge >= 0.3 is 0 Å². The lowest BCUT2D eigenvalue weighted by atomic mass is 9.99. The van der Waals surface area contributed by atoms with Gasteiger partial charge in [0, 0.05) is 11.1 Å². The molecule has 2 rings (SSSR count). The zero-order valence-electron chi connectivity index (χ0n) is 12.3. The van der Waals surface area contributed by atoms with E-state index < -0.39 is 0 Å². The third kappa shape index (κ3) is 3.86. The van der Waals surface area contributed by atoms with Crippen molar-refractivity contribution in [3.8, 4) is 0 Å². The first-order valence-electron chi connectivity index (χ1n) is 6.98. The monoisotopic (exact) mass is 281 g/mol. The molecule has 0 radical (unpaired) electrons. The highest BCUT2D eigenvalue weighted by Gasteiger charge is 2.13. The molecule has 3 heteroatoms. The van der Waals surface area contributed by atoms with E-state index in [-0.39, 0.29) is 17.6 Å². The molecule has 0 aromatic heterocycles. The Morgan fingerprint density at radius 2 is 1.52 bits per heavy atom. The van der Waals surface area contributed by atoms with Gasteiger partial charge in [-0.15, -0.1) is 0 Å². The smallest absolute Gasteiger partial charge is 0.193 e. The standard InChI is InChI=1S/C18H19NO2/c1-13(20)17(19-2)12-14-8-10-16(11-9-14)18(21)15-6-4-3-5-7-15/h3-11,17,19H,12H2,1-2H3/t17-/m1/s1. The van der Waals surface area contributed by atoms with Crippen LogP contribution in [0.25, 0.3) is 0 Å². The van der Waals surface area contributed by atoms with Crippen LogP contribution in [0, 0.1) is 0 Å². The molecule has 2 aromatic carbocycles. The van der Waals surface area contributed by atoms with Crippen LogP contribution in [-0.2, 0) is 11.2 Å². The van der Waals surface area contributed by atoms with Gasteiger partial charge < -0.3 is 5.32 Å². The molecule has 0 bridgehead atoms. The summed E-state index contributed by atoms with van der Waals surface area (Å²) in [4.78, 5) is 23.7. The van der Waals surface area contributed by atoms with Crippen LogP contribution < -0.4 is 5.32 Å². The second kappa shape index (κ2) is 6.95. The van der Waals surface area contributed by atoms with Crippen molar-refractivity contribution in [1.29, 1.82) is 0 Å². The van der Waals surface area contributed by atoms with E-state index in [0.717, 1.165) is 5.56 Å². The van der Waals surface area contributed by atoms with Gasteiger partial charge in [-0.2, -0.15) is 0 Å². The molecule has 0 saturated heterocycles. The number of carbonyl (C=O) groups is 2. The molecule has 21 heavy (non-hydrogen) atoms. The number of Topliss-reactive ketones (excluding diaryl/α,β-unsaturated/α-hetero) is 1. The van der Waals surface area contributed by atoms with Crippen LogP contribution >= 0.6 is 0 Å². The summed E-state index contributed by atoms with van der Waals surface area (Å²) in [6, 6.07) is 16.5. The van der Waals surface area contributed by atoms with E-state index in [1.807, 2.05) is 54.6 Å². The number of hydrogen-bond acceptors (Lipinski definition) is 3. The number of nitrogens with one attached hydrogen (secondary N) is 1. The zero-order chi connectivity index (χ0) is 15.2. The normalized spacial score (nSPS) is 11.9. The number of carbonyl (C=O) groups excluding carboxylic acids is 2. The molecule has 2 aromatic rings. The Bertz CT molecular complexity index is 617. The van der Waals surface area contributed by atoms with Gasteiger partial charge in [0.15, 0.2) is 5.78 Å². The van der Waals surface area contributed by atoms with Crippen LogP contribution in [0.1, 0.15) is 28.4 Å². The molecular formula is C18H19NO2. The summed E-state index contributed by atoms with van der Waals surface area (Å²) in [5.74, 6) is 0.126. The van der Waals surface area contributed by atoms with Gasteiger partial charge in [0.25, 0.3) is 0 Å². The quantitative estimate of drug-likeness (QED) is 0.828. The lowest BCUT2D eigenvalue weighted by Gasteiger charge is -2.12. The third-order valence-electron chi connectivity index (χ3n) is 3.53. The Kier molecular flexibility index (Phi) is 5.01. The van der Waals surface area contributed by atoms with Crippen LogP contribution in [-0.4, -0.2) is 24.7 Å². The maximum absolute atomic E-state index is 12.3.